The van der Waals surface area contributed by atoms with Crippen LogP contribution in [-0.4, -0.2) is 26.7 Å². The van der Waals surface area contributed by atoms with E-state index in [9.17, 15) is 14.9 Å². The topological polar surface area (TPSA) is 97.5 Å². The van der Waals surface area contributed by atoms with Crippen molar-refractivity contribution >= 4 is 45.0 Å². The second kappa shape index (κ2) is 5.62. The molecule has 21 heavy (non-hydrogen) atoms. The van der Waals surface area contributed by atoms with Crippen molar-refractivity contribution in [1.29, 1.82) is 0 Å². The van der Waals surface area contributed by atoms with Gasteiger partial charge in [-0.15, -0.1) is 11.3 Å². The molecule has 0 radical (unpaired) electrons. The molecule has 0 unspecified atom stereocenters. The van der Waals surface area contributed by atoms with Crippen molar-refractivity contribution in [3.05, 3.63) is 39.8 Å². The summed E-state index contributed by atoms with van der Waals surface area (Å²) in [5, 5.41) is 16.1. The van der Waals surface area contributed by atoms with Crippen LogP contribution < -0.4 is 5.32 Å². The Hall–Kier alpha value is -2.26. The van der Waals surface area contributed by atoms with Crippen LogP contribution in [0.5, 0.6) is 0 Å². The average Bonchev–Trinajstić information content (AvgIpc) is 3.09. The predicted molar refractivity (Wildman–Crippen MR) is 81.9 cm³/mol. The zero-order chi connectivity index (χ0) is 14.8. The first-order valence-corrected chi connectivity index (χ1v) is 7.70. The van der Waals surface area contributed by atoms with Gasteiger partial charge >= 0.3 is 0 Å². The van der Waals surface area contributed by atoms with Gasteiger partial charge < -0.3 is 5.32 Å². The molecule has 0 aliphatic carbocycles. The number of nitro groups is 1. The molecule has 7 nitrogen and oxygen atoms in total. The third kappa shape index (κ3) is 3.09. The maximum absolute atomic E-state index is 11.1. The van der Waals surface area contributed by atoms with Crippen LogP contribution in [0, 0.1) is 10.1 Å². The Balaban J connectivity index is 1.81. The Bertz CT molecular complexity index is 739. The number of aliphatic imine (C=N–C) groups is 1. The fraction of sp³-hybridized carbons (Fsp3) is 0.0833. The highest BCUT2D eigenvalue weighted by atomic mass is 32.2. The number of thiazole rings is 1. The van der Waals surface area contributed by atoms with Crippen LogP contribution in [0.3, 0.4) is 0 Å². The normalized spacial score (nSPS) is 16.2. The molecule has 1 fully saturated rings. The lowest BCUT2D eigenvalue weighted by Gasteiger charge is -1.96. The maximum Gasteiger partial charge on any atom is 0.269 e. The molecule has 1 amide bonds. The monoisotopic (exact) mass is 320 g/mol. The van der Waals surface area contributed by atoms with Gasteiger partial charge in [0.15, 0.2) is 5.17 Å². The third-order valence-corrected chi connectivity index (χ3v) is 4.26. The van der Waals surface area contributed by atoms with E-state index >= 15 is 0 Å². The van der Waals surface area contributed by atoms with Crippen LogP contribution >= 0.6 is 23.1 Å². The smallest absolute Gasteiger partial charge is 0.269 e. The van der Waals surface area contributed by atoms with Crippen molar-refractivity contribution in [2.75, 3.05) is 5.75 Å². The molecule has 2 heterocycles. The highest BCUT2D eigenvalue weighted by molar-refractivity contribution is 8.15. The standard InChI is InChI=1S/C12H8N4O3S2/c17-10-6-21-12(14-10)15-11-13-9(5-20-11)7-1-3-8(4-2-7)16(18)19/h1-5H,6H2,(H,13,14,15,17). The number of thioether (sulfide) groups is 1. The van der Waals surface area contributed by atoms with Gasteiger partial charge in [-0.1, -0.05) is 11.8 Å². The summed E-state index contributed by atoms with van der Waals surface area (Å²) >= 11 is 2.68. The van der Waals surface area contributed by atoms with Crippen molar-refractivity contribution in [3.63, 3.8) is 0 Å². The zero-order valence-electron chi connectivity index (χ0n) is 10.5. The summed E-state index contributed by atoms with van der Waals surface area (Å²) in [6.07, 6.45) is 0. The summed E-state index contributed by atoms with van der Waals surface area (Å²) in [5.74, 6) is 0.310. The van der Waals surface area contributed by atoms with E-state index in [1.807, 2.05) is 5.38 Å². The first-order valence-electron chi connectivity index (χ1n) is 5.83. The number of benzene rings is 1. The van der Waals surface area contributed by atoms with E-state index in [2.05, 4.69) is 15.3 Å². The number of nitrogens with zero attached hydrogens (tertiary/aromatic N) is 3. The zero-order valence-corrected chi connectivity index (χ0v) is 12.1. The van der Waals surface area contributed by atoms with Gasteiger partial charge in [-0.2, -0.15) is 4.99 Å². The molecule has 2 aromatic rings. The van der Waals surface area contributed by atoms with E-state index in [1.54, 1.807) is 12.1 Å². The van der Waals surface area contributed by atoms with Crippen LogP contribution in [0.4, 0.5) is 10.8 Å². The largest absolute Gasteiger partial charge is 0.304 e. The minimum Gasteiger partial charge on any atom is -0.304 e. The minimum absolute atomic E-state index is 0.0412. The summed E-state index contributed by atoms with van der Waals surface area (Å²) in [7, 11) is 0. The first-order chi connectivity index (χ1) is 10.1. The minimum atomic E-state index is -0.442. The molecule has 1 aliphatic heterocycles. The Morgan fingerprint density at radius 3 is 2.71 bits per heavy atom. The molecule has 1 aromatic heterocycles. The van der Waals surface area contributed by atoms with Crippen LogP contribution in [0.1, 0.15) is 0 Å². The second-order valence-corrected chi connectivity index (χ2v) is 5.87. The van der Waals surface area contributed by atoms with E-state index in [4.69, 9.17) is 0 Å². The molecule has 0 saturated carbocycles. The Labute approximate surface area is 127 Å². The van der Waals surface area contributed by atoms with Gasteiger partial charge in [-0.25, -0.2) is 4.98 Å². The Morgan fingerprint density at radius 2 is 2.10 bits per heavy atom. The summed E-state index contributed by atoms with van der Waals surface area (Å²) < 4.78 is 0. The quantitative estimate of drug-likeness (QED) is 0.692. The summed E-state index contributed by atoms with van der Waals surface area (Å²) in [6.45, 7) is 0. The second-order valence-electron chi connectivity index (χ2n) is 4.07. The maximum atomic E-state index is 11.1. The van der Waals surface area contributed by atoms with Crippen molar-refractivity contribution in [2.45, 2.75) is 0 Å². The highest BCUT2D eigenvalue weighted by Crippen LogP contribution is 2.28. The van der Waals surface area contributed by atoms with Crippen LogP contribution in [0.25, 0.3) is 11.3 Å². The molecule has 1 aliphatic rings. The molecule has 9 heteroatoms. The molecule has 3 rings (SSSR count). The summed E-state index contributed by atoms with van der Waals surface area (Å²) in [4.78, 5) is 29.8. The van der Waals surface area contributed by atoms with Crippen LogP contribution in [0.2, 0.25) is 0 Å². The van der Waals surface area contributed by atoms with E-state index < -0.39 is 4.92 Å². The molecule has 0 atom stereocenters. The van der Waals surface area contributed by atoms with Gasteiger partial charge in [0.2, 0.25) is 11.0 Å². The number of hydrogen-bond acceptors (Lipinski definition) is 7. The average molecular weight is 320 g/mol. The molecule has 1 saturated heterocycles. The lowest BCUT2D eigenvalue weighted by Crippen LogP contribution is -2.19. The molecule has 0 spiro atoms. The number of carbonyl (C=O) groups is 1. The van der Waals surface area contributed by atoms with Crippen molar-refractivity contribution in [1.82, 2.24) is 10.3 Å². The molecule has 0 bridgehead atoms. The van der Waals surface area contributed by atoms with Crippen molar-refractivity contribution in [2.24, 2.45) is 4.99 Å². The molecule has 1 aromatic carbocycles. The number of nitrogens with one attached hydrogen (secondary N) is 1. The fourth-order valence-electron chi connectivity index (χ4n) is 1.67. The van der Waals surface area contributed by atoms with Crippen molar-refractivity contribution in [3.8, 4) is 11.3 Å². The van der Waals surface area contributed by atoms with E-state index in [0.717, 1.165) is 5.56 Å². The van der Waals surface area contributed by atoms with Crippen molar-refractivity contribution < 1.29 is 9.72 Å². The van der Waals surface area contributed by atoms with Gasteiger partial charge in [0.1, 0.15) is 0 Å². The lowest BCUT2D eigenvalue weighted by atomic mass is 10.1. The third-order valence-electron chi connectivity index (χ3n) is 2.65. The van der Waals surface area contributed by atoms with Crippen LogP contribution in [-0.2, 0) is 4.79 Å². The molecular weight excluding hydrogens is 312 g/mol. The first kappa shape index (κ1) is 13.7. The van der Waals surface area contributed by atoms with Gasteiger partial charge in [-0.3, -0.25) is 14.9 Å². The van der Waals surface area contributed by atoms with E-state index in [1.165, 1.54) is 35.2 Å². The van der Waals surface area contributed by atoms with Gasteiger partial charge in [0.25, 0.3) is 5.69 Å². The number of aromatic nitrogens is 1. The van der Waals surface area contributed by atoms with E-state index in [-0.39, 0.29) is 11.6 Å². The van der Waals surface area contributed by atoms with Crippen LogP contribution in [0.15, 0.2) is 34.6 Å². The molecule has 1 N–H and O–H groups in total. The summed E-state index contributed by atoms with van der Waals surface area (Å²) in [5.41, 5.74) is 1.52. The Morgan fingerprint density at radius 1 is 1.33 bits per heavy atom. The summed E-state index contributed by atoms with van der Waals surface area (Å²) in [6, 6.07) is 6.17. The number of amides is 1. The number of rotatable bonds is 3. The fourth-order valence-corrected chi connectivity index (χ4v) is 3.11. The number of amidine groups is 1. The predicted octanol–water partition coefficient (Wildman–Crippen LogP) is 2.57. The highest BCUT2D eigenvalue weighted by Gasteiger charge is 2.17. The molecule has 106 valence electrons. The number of non-ortho nitro benzene ring substituents is 1. The number of hydrogen-bond donors (Lipinski definition) is 1. The SMILES string of the molecule is O=C1CS/C(=N/c2nc(-c3ccc([N+](=O)[O-])cc3)cs2)N1. The Kier molecular flexibility index (Phi) is 3.67. The lowest BCUT2D eigenvalue weighted by molar-refractivity contribution is -0.384. The molecular formula is C12H8N4O3S2. The number of carbonyl (C=O) groups excluding carboxylic acids is 1. The van der Waals surface area contributed by atoms with Gasteiger partial charge in [0, 0.05) is 23.1 Å². The number of nitro benzene ring substituents is 1. The van der Waals surface area contributed by atoms with Gasteiger partial charge in [0.05, 0.1) is 16.4 Å². The van der Waals surface area contributed by atoms with Gasteiger partial charge in [-0.05, 0) is 12.1 Å². The van der Waals surface area contributed by atoms with E-state index in [0.29, 0.717) is 21.7 Å².